The molecular weight excluding hydrogens is 416 g/mol. The third-order valence-electron chi connectivity index (χ3n) is 5.61. The van der Waals surface area contributed by atoms with Gasteiger partial charge in [-0.25, -0.2) is 14.7 Å². The molecule has 6 rings (SSSR count). The molecule has 0 saturated carbocycles. The summed E-state index contributed by atoms with van der Waals surface area (Å²) in [5.41, 5.74) is 5.49. The molecule has 9 heteroatoms. The van der Waals surface area contributed by atoms with Gasteiger partial charge >= 0.3 is 0 Å². The molecule has 31 heavy (non-hydrogen) atoms. The predicted octanol–water partition coefficient (Wildman–Crippen LogP) is 3.54. The number of aromatic nitrogens is 5. The maximum Gasteiger partial charge on any atom is 0.238 e. The van der Waals surface area contributed by atoms with Crippen LogP contribution in [-0.2, 0) is 11.2 Å². The smallest absolute Gasteiger partial charge is 0.238 e. The van der Waals surface area contributed by atoms with Crippen LogP contribution in [0.25, 0.3) is 11.4 Å². The fraction of sp³-hybridized carbons (Fsp3) is 0.182. The number of rotatable bonds is 3. The van der Waals surface area contributed by atoms with Crippen molar-refractivity contribution in [1.82, 2.24) is 24.5 Å². The Morgan fingerprint density at radius 2 is 2.00 bits per heavy atom. The number of benzene rings is 2. The van der Waals surface area contributed by atoms with Crippen LogP contribution >= 0.6 is 11.6 Å². The highest BCUT2D eigenvalue weighted by Gasteiger charge is 2.29. The van der Waals surface area contributed by atoms with Crippen molar-refractivity contribution in [3.63, 3.8) is 0 Å². The molecule has 4 aromatic rings. The summed E-state index contributed by atoms with van der Waals surface area (Å²) in [4.78, 5) is 9.49. The molecule has 2 aromatic carbocycles. The number of nitrogens with zero attached hydrogens (tertiary/aromatic N) is 6. The van der Waals surface area contributed by atoms with Crippen molar-refractivity contribution in [1.29, 1.82) is 0 Å². The Hall–Kier alpha value is -3.65. The van der Waals surface area contributed by atoms with Gasteiger partial charge in [-0.3, -0.25) is 4.57 Å². The van der Waals surface area contributed by atoms with Crippen LogP contribution in [0.1, 0.15) is 28.7 Å². The zero-order valence-corrected chi connectivity index (χ0v) is 17.3. The summed E-state index contributed by atoms with van der Waals surface area (Å²) in [5, 5.41) is 8.98. The van der Waals surface area contributed by atoms with Gasteiger partial charge in [-0.1, -0.05) is 28.9 Å². The van der Waals surface area contributed by atoms with Crippen LogP contribution in [0.2, 0.25) is 5.02 Å². The van der Waals surface area contributed by atoms with Gasteiger partial charge in [-0.15, -0.1) is 5.10 Å². The highest BCUT2D eigenvalue weighted by Crippen LogP contribution is 2.32. The van der Waals surface area contributed by atoms with Gasteiger partial charge in [0.15, 0.2) is 0 Å². The second kappa shape index (κ2) is 6.95. The largest absolute Gasteiger partial charge is 0.497 e. The number of methoxy groups -OCH3 is 1. The van der Waals surface area contributed by atoms with Gasteiger partial charge in [0.2, 0.25) is 5.90 Å². The van der Waals surface area contributed by atoms with E-state index in [0.717, 1.165) is 39.8 Å². The summed E-state index contributed by atoms with van der Waals surface area (Å²) >= 11 is 6.26. The van der Waals surface area contributed by atoms with Crippen LogP contribution in [0, 0.1) is 0 Å². The molecule has 0 aliphatic carbocycles. The van der Waals surface area contributed by atoms with Crippen molar-refractivity contribution in [2.24, 2.45) is 4.99 Å². The molecular formula is C22H17ClN6O2. The van der Waals surface area contributed by atoms with Gasteiger partial charge in [0, 0.05) is 11.4 Å². The Morgan fingerprint density at radius 1 is 1.13 bits per heavy atom. The lowest BCUT2D eigenvalue weighted by atomic mass is 10.1. The molecule has 0 spiro atoms. The lowest BCUT2D eigenvalue weighted by molar-refractivity contribution is 0.319. The van der Waals surface area contributed by atoms with Crippen LogP contribution in [0.5, 0.6) is 5.75 Å². The molecule has 2 aliphatic heterocycles. The van der Waals surface area contributed by atoms with Crippen LogP contribution in [0.4, 0.5) is 0 Å². The second-order valence-electron chi connectivity index (χ2n) is 7.39. The molecule has 0 saturated heterocycles. The molecule has 0 fully saturated rings. The third-order valence-corrected chi connectivity index (χ3v) is 5.85. The van der Waals surface area contributed by atoms with E-state index in [2.05, 4.69) is 15.3 Å². The fourth-order valence-electron chi connectivity index (χ4n) is 4.05. The van der Waals surface area contributed by atoms with Crippen LogP contribution < -0.4 is 4.74 Å². The summed E-state index contributed by atoms with van der Waals surface area (Å²) in [6, 6.07) is 13.5. The van der Waals surface area contributed by atoms with E-state index in [1.807, 2.05) is 51.7 Å². The first-order valence-corrected chi connectivity index (χ1v) is 10.2. The average molecular weight is 433 g/mol. The summed E-state index contributed by atoms with van der Waals surface area (Å²) < 4.78 is 15.1. The predicted molar refractivity (Wildman–Crippen MR) is 115 cm³/mol. The Morgan fingerprint density at radius 3 is 2.84 bits per heavy atom. The molecule has 0 unspecified atom stereocenters. The number of ether oxygens (including phenoxy) is 2. The number of halogens is 1. The van der Waals surface area contributed by atoms with Crippen molar-refractivity contribution < 1.29 is 9.47 Å². The average Bonchev–Trinajstić information content (AvgIpc) is 3.53. The molecule has 1 atom stereocenters. The normalized spacial score (nSPS) is 16.6. The van der Waals surface area contributed by atoms with E-state index in [0.29, 0.717) is 23.9 Å². The molecule has 2 aromatic heterocycles. The van der Waals surface area contributed by atoms with E-state index in [1.54, 1.807) is 19.6 Å². The van der Waals surface area contributed by atoms with Crippen LogP contribution in [-0.4, -0.2) is 44.2 Å². The lowest BCUT2D eigenvalue weighted by Gasteiger charge is -2.10. The topological polar surface area (TPSA) is 79.4 Å². The molecule has 4 heterocycles. The third kappa shape index (κ3) is 2.90. The van der Waals surface area contributed by atoms with E-state index in [1.165, 1.54) is 0 Å². The maximum atomic E-state index is 6.26. The molecule has 2 aliphatic rings. The Labute approximate surface area is 182 Å². The molecule has 0 radical (unpaired) electrons. The Kier molecular flexibility index (Phi) is 4.07. The Balaban J connectivity index is 1.43. The fourth-order valence-corrected chi connectivity index (χ4v) is 4.22. The van der Waals surface area contributed by atoms with Gasteiger partial charge in [0.05, 0.1) is 36.1 Å². The maximum absolute atomic E-state index is 6.26. The van der Waals surface area contributed by atoms with Gasteiger partial charge in [0.25, 0.3) is 0 Å². The van der Waals surface area contributed by atoms with Gasteiger partial charge in [-0.05, 0) is 35.9 Å². The monoisotopic (exact) mass is 432 g/mol. The van der Waals surface area contributed by atoms with Crippen LogP contribution in [0.3, 0.4) is 0 Å². The number of hydrogen-bond acceptors (Lipinski definition) is 6. The van der Waals surface area contributed by atoms with Gasteiger partial charge < -0.3 is 9.47 Å². The summed E-state index contributed by atoms with van der Waals surface area (Å²) in [5.74, 6) is 1.36. The molecule has 8 nitrogen and oxygen atoms in total. The SMILES string of the molecule is COc1ccc([C@@H]2COC(c3ncn4c3Cc3cnnn3-c3cc(Cl)ccc3-4)=N2)cc1. The van der Waals surface area contributed by atoms with Crippen molar-refractivity contribution >= 4 is 17.5 Å². The summed E-state index contributed by atoms with van der Waals surface area (Å²) in [6.45, 7) is 0.472. The van der Waals surface area contributed by atoms with Crippen LogP contribution in [0.15, 0.2) is 60.0 Å². The second-order valence-corrected chi connectivity index (χ2v) is 7.83. The minimum absolute atomic E-state index is 0.0812. The number of fused-ring (bicyclic) bond motifs is 5. The van der Waals surface area contributed by atoms with E-state index in [4.69, 9.17) is 26.1 Å². The molecule has 0 amide bonds. The lowest BCUT2D eigenvalue weighted by Crippen LogP contribution is -2.08. The first-order valence-electron chi connectivity index (χ1n) is 9.82. The zero-order valence-electron chi connectivity index (χ0n) is 16.6. The molecule has 154 valence electrons. The number of imidazole rings is 1. The van der Waals surface area contributed by atoms with Crippen molar-refractivity contribution in [3.05, 3.63) is 82.7 Å². The van der Waals surface area contributed by atoms with Crippen molar-refractivity contribution in [3.8, 4) is 17.1 Å². The highest BCUT2D eigenvalue weighted by atomic mass is 35.5. The summed E-state index contributed by atoms with van der Waals surface area (Å²) in [6.07, 6.45) is 4.14. The van der Waals surface area contributed by atoms with E-state index in [9.17, 15) is 0 Å². The van der Waals surface area contributed by atoms with Crippen molar-refractivity contribution in [2.75, 3.05) is 13.7 Å². The number of aliphatic imine (C=N–C) groups is 1. The molecule has 0 bridgehead atoms. The number of hydrogen-bond donors (Lipinski definition) is 0. The quantitative estimate of drug-likeness (QED) is 0.435. The highest BCUT2D eigenvalue weighted by molar-refractivity contribution is 6.30. The Bertz CT molecular complexity index is 1320. The zero-order chi connectivity index (χ0) is 20.9. The van der Waals surface area contributed by atoms with Gasteiger partial charge in [0.1, 0.15) is 30.4 Å². The van der Waals surface area contributed by atoms with E-state index < -0.39 is 0 Å². The van der Waals surface area contributed by atoms with Gasteiger partial charge in [-0.2, -0.15) is 0 Å². The van der Waals surface area contributed by atoms with Crippen molar-refractivity contribution in [2.45, 2.75) is 12.5 Å². The molecule has 0 N–H and O–H groups in total. The van der Waals surface area contributed by atoms with E-state index >= 15 is 0 Å². The minimum atomic E-state index is -0.0812. The first-order chi connectivity index (χ1) is 15.2. The summed E-state index contributed by atoms with van der Waals surface area (Å²) in [7, 11) is 1.65. The van der Waals surface area contributed by atoms with E-state index in [-0.39, 0.29) is 6.04 Å². The minimum Gasteiger partial charge on any atom is -0.497 e. The standard InChI is InChI=1S/C22H17ClN6O2/c1-30-16-5-2-13(3-6-16)17-11-31-22(26-17)21-20-9-15-10-25-27-29(15)19-8-14(23)4-7-18(19)28(20)12-24-21/h2-8,10,12,17H,9,11H2,1H3/t17-/m0/s1. The first kappa shape index (κ1) is 18.1.